The first kappa shape index (κ1) is 12.9. The Morgan fingerprint density at radius 3 is 2.65 bits per heavy atom. The van der Waals surface area contributed by atoms with Crippen molar-refractivity contribution >= 4 is 11.1 Å². The SMILES string of the molecule is CCc1ccccc1C(N)Cc1nc2ccccc2o1. The van der Waals surface area contributed by atoms with E-state index in [-0.39, 0.29) is 6.04 Å². The van der Waals surface area contributed by atoms with Crippen LogP contribution in [0.4, 0.5) is 0 Å². The van der Waals surface area contributed by atoms with Crippen molar-refractivity contribution in [2.45, 2.75) is 25.8 Å². The number of rotatable bonds is 4. The summed E-state index contributed by atoms with van der Waals surface area (Å²) in [5.41, 5.74) is 10.5. The van der Waals surface area contributed by atoms with Crippen molar-refractivity contribution in [1.82, 2.24) is 4.98 Å². The highest BCUT2D eigenvalue weighted by molar-refractivity contribution is 5.72. The molecule has 0 saturated carbocycles. The van der Waals surface area contributed by atoms with Gasteiger partial charge in [-0.1, -0.05) is 43.3 Å². The molecule has 1 unspecified atom stereocenters. The zero-order valence-corrected chi connectivity index (χ0v) is 11.5. The number of aromatic nitrogens is 1. The molecule has 0 fully saturated rings. The third-order valence-corrected chi connectivity index (χ3v) is 3.57. The number of benzene rings is 2. The van der Waals surface area contributed by atoms with Crippen LogP contribution in [0, 0.1) is 0 Å². The Kier molecular flexibility index (Phi) is 3.52. The van der Waals surface area contributed by atoms with E-state index in [2.05, 4.69) is 30.1 Å². The van der Waals surface area contributed by atoms with Crippen molar-refractivity contribution in [1.29, 1.82) is 0 Å². The first-order valence-corrected chi connectivity index (χ1v) is 6.95. The minimum absolute atomic E-state index is 0.0841. The molecule has 1 atom stereocenters. The molecule has 102 valence electrons. The van der Waals surface area contributed by atoms with Crippen molar-refractivity contribution in [2.24, 2.45) is 5.73 Å². The van der Waals surface area contributed by atoms with Gasteiger partial charge in [-0.15, -0.1) is 0 Å². The fraction of sp³-hybridized carbons (Fsp3) is 0.235. The highest BCUT2D eigenvalue weighted by atomic mass is 16.3. The average Bonchev–Trinajstić information content (AvgIpc) is 2.89. The fourth-order valence-electron chi connectivity index (χ4n) is 2.52. The second-order valence-corrected chi connectivity index (χ2v) is 4.94. The van der Waals surface area contributed by atoms with Gasteiger partial charge in [0.25, 0.3) is 0 Å². The average molecular weight is 266 g/mol. The van der Waals surface area contributed by atoms with Gasteiger partial charge in [0.2, 0.25) is 0 Å². The standard InChI is InChI=1S/C17H18N2O/c1-2-12-7-3-4-8-13(12)14(18)11-17-19-15-9-5-6-10-16(15)20-17/h3-10,14H,2,11,18H2,1H3. The normalized spacial score (nSPS) is 12.7. The molecule has 3 rings (SSSR count). The summed E-state index contributed by atoms with van der Waals surface area (Å²) in [6.45, 7) is 2.14. The zero-order chi connectivity index (χ0) is 13.9. The van der Waals surface area contributed by atoms with Gasteiger partial charge in [-0.2, -0.15) is 0 Å². The largest absolute Gasteiger partial charge is 0.441 e. The zero-order valence-electron chi connectivity index (χ0n) is 11.5. The Labute approximate surface area is 118 Å². The van der Waals surface area contributed by atoms with Crippen molar-refractivity contribution in [2.75, 3.05) is 0 Å². The number of para-hydroxylation sites is 2. The number of nitrogens with zero attached hydrogens (tertiary/aromatic N) is 1. The van der Waals surface area contributed by atoms with Gasteiger partial charge in [0, 0.05) is 12.5 Å². The number of fused-ring (bicyclic) bond motifs is 1. The molecule has 0 aliphatic heterocycles. The Morgan fingerprint density at radius 2 is 1.85 bits per heavy atom. The maximum Gasteiger partial charge on any atom is 0.197 e. The van der Waals surface area contributed by atoms with Gasteiger partial charge >= 0.3 is 0 Å². The topological polar surface area (TPSA) is 52.0 Å². The van der Waals surface area contributed by atoms with Gasteiger partial charge < -0.3 is 10.2 Å². The second-order valence-electron chi connectivity index (χ2n) is 4.94. The Balaban J connectivity index is 1.86. The summed E-state index contributed by atoms with van der Waals surface area (Å²) in [5, 5.41) is 0. The van der Waals surface area contributed by atoms with Crippen LogP contribution in [-0.2, 0) is 12.8 Å². The van der Waals surface area contributed by atoms with Crippen LogP contribution in [-0.4, -0.2) is 4.98 Å². The molecule has 2 aromatic carbocycles. The molecule has 2 N–H and O–H groups in total. The highest BCUT2D eigenvalue weighted by Crippen LogP contribution is 2.22. The predicted octanol–water partition coefficient (Wildman–Crippen LogP) is 3.63. The smallest absolute Gasteiger partial charge is 0.197 e. The lowest BCUT2D eigenvalue weighted by Gasteiger charge is -2.14. The van der Waals surface area contributed by atoms with Gasteiger partial charge in [-0.25, -0.2) is 4.98 Å². The quantitative estimate of drug-likeness (QED) is 0.784. The third kappa shape index (κ3) is 2.45. The minimum Gasteiger partial charge on any atom is -0.441 e. The van der Waals surface area contributed by atoms with Gasteiger partial charge in [-0.05, 0) is 29.7 Å². The van der Waals surface area contributed by atoms with Crippen LogP contribution in [0.2, 0.25) is 0 Å². The molecule has 0 aliphatic rings. The lowest BCUT2D eigenvalue weighted by molar-refractivity contribution is 0.501. The van der Waals surface area contributed by atoms with Crippen LogP contribution >= 0.6 is 0 Å². The van der Waals surface area contributed by atoms with E-state index in [1.807, 2.05) is 30.3 Å². The molecule has 0 amide bonds. The molecule has 1 aromatic heterocycles. The van der Waals surface area contributed by atoms with Gasteiger partial charge in [-0.3, -0.25) is 0 Å². The van der Waals surface area contributed by atoms with Crippen LogP contribution < -0.4 is 5.73 Å². The Hall–Kier alpha value is -2.13. The van der Waals surface area contributed by atoms with Gasteiger partial charge in [0.15, 0.2) is 11.5 Å². The number of hydrogen-bond acceptors (Lipinski definition) is 3. The van der Waals surface area contributed by atoms with E-state index in [4.69, 9.17) is 10.2 Å². The molecule has 0 saturated heterocycles. The maximum atomic E-state index is 6.33. The molecular formula is C17H18N2O. The maximum absolute atomic E-state index is 6.33. The Bertz CT molecular complexity index is 685. The van der Waals surface area contributed by atoms with Crippen molar-refractivity contribution in [3.63, 3.8) is 0 Å². The second kappa shape index (κ2) is 5.47. The summed E-state index contributed by atoms with van der Waals surface area (Å²) in [6.07, 6.45) is 1.60. The number of oxazole rings is 1. The summed E-state index contributed by atoms with van der Waals surface area (Å²) in [5.74, 6) is 0.699. The van der Waals surface area contributed by atoms with E-state index < -0.39 is 0 Å². The van der Waals surface area contributed by atoms with Crippen LogP contribution in [0.5, 0.6) is 0 Å². The monoisotopic (exact) mass is 266 g/mol. The highest BCUT2D eigenvalue weighted by Gasteiger charge is 2.14. The van der Waals surface area contributed by atoms with E-state index in [9.17, 15) is 0 Å². The van der Waals surface area contributed by atoms with Crippen LogP contribution in [0.15, 0.2) is 52.9 Å². The summed E-state index contributed by atoms with van der Waals surface area (Å²) < 4.78 is 5.74. The molecule has 0 aliphatic carbocycles. The molecule has 20 heavy (non-hydrogen) atoms. The summed E-state index contributed by atoms with van der Waals surface area (Å²) in [4.78, 5) is 4.49. The van der Waals surface area contributed by atoms with E-state index >= 15 is 0 Å². The number of hydrogen-bond donors (Lipinski definition) is 1. The van der Waals surface area contributed by atoms with Gasteiger partial charge in [0.1, 0.15) is 5.52 Å². The van der Waals surface area contributed by atoms with Crippen LogP contribution in [0.25, 0.3) is 11.1 Å². The van der Waals surface area contributed by atoms with E-state index in [0.29, 0.717) is 12.3 Å². The molecule has 3 heteroatoms. The van der Waals surface area contributed by atoms with Crippen molar-refractivity contribution in [3.05, 3.63) is 65.5 Å². The lowest BCUT2D eigenvalue weighted by Crippen LogP contribution is -2.15. The lowest BCUT2D eigenvalue weighted by atomic mass is 9.97. The Morgan fingerprint density at radius 1 is 1.10 bits per heavy atom. The summed E-state index contributed by atoms with van der Waals surface area (Å²) in [6, 6.07) is 16.0. The minimum atomic E-state index is -0.0841. The van der Waals surface area contributed by atoms with Crippen LogP contribution in [0.3, 0.4) is 0 Å². The molecule has 0 bridgehead atoms. The summed E-state index contributed by atoms with van der Waals surface area (Å²) >= 11 is 0. The molecular weight excluding hydrogens is 248 g/mol. The molecule has 0 spiro atoms. The molecule has 3 aromatic rings. The summed E-state index contributed by atoms with van der Waals surface area (Å²) in [7, 11) is 0. The van der Waals surface area contributed by atoms with Crippen LogP contribution in [0.1, 0.15) is 30.0 Å². The fourth-order valence-corrected chi connectivity index (χ4v) is 2.52. The van der Waals surface area contributed by atoms with E-state index in [0.717, 1.165) is 17.5 Å². The van der Waals surface area contributed by atoms with Gasteiger partial charge in [0.05, 0.1) is 0 Å². The molecule has 0 radical (unpaired) electrons. The third-order valence-electron chi connectivity index (χ3n) is 3.57. The molecule has 1 heterocycles. The first-order chi connectivity index (χ1) is 9.78. The van der Waals surface area contributed by atoms with E-state index in [1.165, 1.54) is 11.1 Å². The number of aryl methyl sites for hydroxylation is 1. The van der Waals surface area contributed by atoms with Crippen molar-refractivity contribution in [3.8, 4) is 0 Å². The number of nitrogens with two attached hydrogens (primary N) is 1. The van der Waals surface area contributed by atoms with E-state index in [1.54, 1.807) is 0 Å². The predicted molar refractivity (Wildman–Crippen MR) is 80.5 cm³/mol. The van der Waals surface area contributed by atoms with Crippen molar-refractivity contribution < 1.29 is 4.42 Å². The molecule has 3 nitrogen and oxygen atoms in total. The first-order valence-electron chi connectivity index (χ1n) is 6.95.